The SMILES string of the molecule is Nc1ccc(F)cc1Cn1ccccc1=O. The lowest BCUT2D eigenvalue weighted by molar-refractivity contribution is 0.623. The molecule has 82 valence electrons. The summed E-state index contributed by atoms with van der Waals surface area (Å²) in [4.78, 5) is 11.4. The summed E-state index contributed by atoms with van der Waals surface area (Å²) in [5.74, 6) is -0.354. The Labute approximate surface area is 92.0 Å². The maximum absolute atomic E-state index is 13.0. The molecule has 2 aromatic rings. The van der Waals surface area contributed by atoms with Crippen molar-refractivity contribution < 1.29 is 4.39 Å². The molecule has 0 spiro atoms. The van der Waals surface area contributed by atoms with Gasteiger partial charge in [0, 0.05) is 18.0 Å². The second-order valence-electron chi connectivity index (χ2n) is 3.51. The van der Waals surface area contributed by atoms with E-state index in [9.17, 15) is 9.18 Å². The lowest BCUT2D eigenvalue weighted by Gasteiger charge is -2.07. The fraction of sp³-hybridized carbons (Fsp3) is 0.0833. The Morgan fingerprint density at radius 1 is 1.25 bits per heavy atom. The van der Waals surface area contributed by atoms with Gasteiger partial charge in [-0.25, -0.2) is 4.39 Å². The molecule has 0 saturated heterocycles. The van der Waals surface area contributed by atoms with E-state index in [2.05, 4.69) is 0 Å². The Morgan fingerprint density at radius 2 is 2.06 bits per heavy atom. The van der Waals surface area contributed by atoms with Crippen LogP contribution in [0.15, 0.2) is 47.4 Å². The summed E-state index contributed by atoms with van der Waals surface area (Å²) in [7, 11) is 0. The molecule has 3 nitrogen and oxygen atoms in total. The Hall–Kier alpha value is -2.10. The molecule has 4 heteroatoms. The molecule has 1 heterocycles. The zero-order valence-corrected chi connectivity index (χ0v) is 8.56. The average molecular weight is 218 g/mol. The Bertz CT molecular complexity index is 563. The van der Waals surface area contributed by atoms with Crippen molar-refractivity contribution in [2.75, 3.05) is 5.73 Å². The molecule has 0 radical (unpaired) electrons. The van der Waals surface area contributed by atoms with Crippen LogP contribution in [0.4, 0.5) is 10.1 Å². The van der Waals surface area contributed by atoms with Crippen LogP contribution in [-0.4, -0.2) is 4.57 Å². The quantitative estimate of drug-likeness (QED) is 0.778. The number of rotatable bonds is 2. The summed E-state index contributed by atoms with van der Waals surface area (Å²) in [6.45, 7) is 0.281. The monoisotopic (exact) mass is 218 g/mol. The van der Waals surface area contributed by atoms with Gasteiger partial charge in [-0.3, -0.25) is 4.79 Å². The van der Waals surface area contributed by atoms with Gasteiger partial charge in [-0.15, -0.1) is 0 Å². The summed E-state index contributed by atoms with van der Waals surface area (Å²) in [5.41, 5.74) is 6.66. The lowest BCUT2D eigenvalue weighted by Crippen LogP contribution is -2.18. The van der Waals surface area contributed by atoms with Crippen molar-refractivity contribution in [2.45, 2.75) is 6.54 Å². The third-order valence-corrected chi connectivity index (χ3v) is 2.34. The predicted octanol–water partition coefficient (Wildman–Crippen LogP) is 1.62. The van der Waals surface area contributed by atoms with Crippen molar-refractivity contribution in [1.29, 1.82) is 0 Å². The maximum Gasteiger partial charge on any atom is 0.250 e. The van der Waals surface area contributed by atoms with Gasteiger partial charge in [-0.2, -0.15) is 0 Å². The molecule has 0 bridgehead atoms. The van der Waals surface area contributed by atoms with Crippen LogP contribution in [0.2, 0.25) is 0 Å². The smallest absolute Gasteiger partial charge is 0.250 e. The highest BCUT2D eigenvalue weighted by Crippen LogP contribution is 2.13. The minimum absolute atomic E-state index is 0.133. The van der Waals surface area contributed by atoms with Gasteiger partial charge in [0.25, 0.3) is 5.56 Å². The normalized spacial score (nSPS) is 10.3. The second kappa shape index (κ2) is 4.18. The highest BCUT2D eigenvalue weighted by molar-refractivity contribution is 5.46. The molecular formula is C12H11FN2O. The van der Waals surface area contributed by atoms with Crippen LogP contribution >= 0.6 is 0 Å². The molecule has 0 amide bonds. The van der Waals surface area contributed by atoms with Crippen LogP contribution in [0.5, 0.6) is 0 Å². The summed E-state index contributed by atoms with van der Waals surface area (Å²) >= 11 is 0. The molecule has 0 unspecified atom stereocenters. The first-order valence-corrected chi connectivity index (χ1v) is 4.86. The van der Waals surface area contributed by atoms with E-state index in [0.29, 0.717) is 11.3 Å². The maximum atomic E-state index is 13.0. The number of benzene rings is 1. The summed E-state index contributed by atoms with van der Waals surface area (Å²) in [5, 5.41) is 0. The van der Waals surface area contributed by atoms with Crippen molar-refractivity contribution in [3.8, 4) is 0 Å². The Balaban J connectivity index is 2.38. The van der Waals surface area contributed by atoms with Crippen LogP contribution < -0.4 is 11.3 Å². The van der Waals surface area contributed by atoms with Crippen molar-refractivity contribution in [3.63, 3.8) is 0 Å². The van der Waals surface area contributed by atoms with Gasteiger partial charge >= 0.3 is 0 Å². The number of nitrogens with zero attached hydrogens (tertiary/aromatic N) is 1. The molecule has 2 rings (SSSR count). The summed E-state index contributed by atoms with van der Waals surface area (Å²) in [6.07, 6.45) is 1.65. The van der Waals surface area contributed by atoms with E-state index >= 15 is 0 Å². The Morgan fingerprint density at radius 3 is 2.81 bits per heavy atom. The topological polar surface area (TPSA) is 48.0 Å². The summed E-state index contributed by atoms with van der Waals surface area (Å²) < 4.78 is 14.5. The standard InChI is InChI=1S/C12H11FN2O/c13-10-4-5-11(14)9(7-10)8-15-6-2-1-3-12(15)16/h1-7H,8,14H2. The molecule has 1 aromatic carbocycles. The zero-order valence-electron chi connectivity index (χ0n) is 8.56. The minimum atomic E-state index is -0.354. The number of hydrogen-bond acceptors (Lipinski definition) is 2. The number of anilines is 1. The van der Waals surface area contributed by atoms with E-state index in [1.165, 1.54) is 28.8 Å². The van der Waals surface area contributed by atoms with E-state index in [1.54, 1.807) is 18.3 Å². The van der Waals surface area contributed by atoms with Gasteiger partial charge in [0.15, 0.2) is 0 Å². The van der Waals surface area contributed by atoms with Crippen LogP contribution in [0.1, 0.15) is 5.56 Å². The molecule has 0 fully saturated rings. The van der Waals surface area contributed by atoms with E-state index in [-0.39, 0.29) is 17.9 Å². The molecule has 1 aromatic heterocycles. The van der Waals surface area contributed by atoms with Gasteiger partial charge in [-0.1, -0.05) is 6.07 Å². The van der Waals surface area contributed by atoms with Crippen molar-refractivity contribution in [1.82, 2.24) is 4.57 Å². The number of pyridine rings is 1. The van der Waals surface area contributed by atoms with E-state index < -0.39 is 0 Å². The molecule has 0 atom stereocenters. The molecule has 16 heavy (non-hydrogen) atoms. The predicted molar refractivity (Wildman–Crippen MR) is 60.6 cm³/mol. The van der Waals surface area contributed by atoms with Crippen molar-refractivity contribution >= 4 is 5.69 Å². The second-order valence-corrected chi connectivity index (χ2v) is 3.51. The first-order valence-electron chi connectivity index (χ1n) is 4.86. The largest absolute Gasteiger partial charge is 0.398 e. The van der Waals surface area contributed by atoms with Gasteiger partial charge < -0.3 is 10.3 Å². The van der Waals surface area contributed by atoms with E-state index in [4.69, 9.17) is 5.73 Å². The fourth-order valence-electron chi connectivity index (χ4n) is 1.49. The van der Waals surface area contributed by atoms with Gasteiger partial charge in [0.2, 0.25) is 0 Å². The molecule has 0 aliphatic heterocycles. The van der Waals surface area contributed by atoms with Crippen LogP contribution in [0, 0.1) is 5.82 Å². The van der Waals surface area contributed by atoms with Crippen molar-refractivity contribution in [3.05, 3.63) is 64.3 Å². The van der Waals surface area contributed by atoms with Gasteiger partial charge in [0.1, 0.15) is 5.82 Å². The Kier molecular flexibility index (Phi) is 2.72. The molecular weight excluding hydrogens is 207 g/mol. The van der Waals surface area contributed by atoms with Crippen LogP contribution in [0.3, 0.4) is 0 Å². The molecule has 0 aliphatic carbocycles. The van der Waals surface area contributed by atoms with Crippen molar-refractivity contribution in [2.24, 2.45) is 0 Å². The zero-order chi connectivity index (χ0) is 11.5. The number of halogens is 1. The number of nitrogens with two attached hydrogens (primary N) is 1. The summed E-state index contributed by atoms with van der Waals surface area (Å²) in [6, 6.07) is 9.00. The third kappa shape index (κ3) is 2.11. The van der Waals surface area contributed by atoms with Crippen LogP contribution in [-0.2, 0) is 6.54 Å². The average Bonchev–Trinajstić information content (AvgIpc) is 2.27. The molecule has 0 saturated carbocycles. The first kappa shape index (κ1) is 10.4. The molecule has 0 aliphatic rings. The number of hydrogen-bond donors (Lipinski definition) is 1. The highest BCUT2D eigenvalue weighted by atomic mass is 19.1. The van der Waals surface area contributed by atoms with Crippen LogP contribution in [0.25, 0.3) is 0 Å². The van der Waals surface area contributed by atoms with Gasteiger partial charge in [-0.05, 0) is 29.8 Å². The van der Waals surface area contributed by atoms with E-state index in [1.807, 2.05) is 0 Å². The number of nitrogen functional groups attached to an aromatic ring is 1. The highest BCUT2D eigenvalue weighted by Gasteiger charge is 2.02. The molecule has 2 N–H and O–H groups in total. The van der Waals surface area contributed by atoms with Gasteiger partial charge in [0.05, 0.1) is 6.54 Å². The minimum Gasteiger partial charge on any atom is -0.398 e. The third-order valence-electron chi connectivity index (χ3n) is 2.34. The fourth-order valence-corrected chi connectivity index (χ4v) is 1.49. The lowest BCUT2D eigenvalue weighted by atomic mass is 10.1. The first-order chi connectivity index (χ1) is 7.66. The van der Waals surface area contributed by atoms with E-state index in [0.717, 1.165) is 0 Å². The number of aromatic nitrogens is 1.